The second-order valence-corrected chi connectivity index (χ2v) is 8.40. The maximum absolute atomic E-state index is 12.1. The van der Waals surface area contributed by atoms with Gasteiger partial charge >= 0.3 is 0 Å². The molecule has 2 aliphatic heterocycles. The van der Waals surface area contributed by atoms with Gasteiger partial charge in [0.05, 0.1) is 0 Å². The molecule has 5 heteroatoms. The van der Waals surface area contributed by atoms with Crippen LogP contribution in [0.1, 0.15) is 54.5 Å². The highest BCUT2D eigenvalue weighted by Gasteiger charge is 2.26. The molecule has 0 radical (unpaired) electrons. The van der Waals surface area contributed by atoms with Gasteiger partial charge in [0, 0.05) is 44.5 Å². The van der Waals surface area contributed by atoms with Crippen LogP contribution >= 0.6 is 0 Å². The Labute approximate surface area is 172 Å². The van der Waals surface area contributed by atoms with Crippen LogP contribution in [0.15, 0.2) is 30.6 Å². The van der Waals surface area contributed by atoms with Crippen molar-refractivity contribution in [3.05, 3.63) is 53.0 Å². The van der Waals surface area contributed by atoms with Crippen LogP contribution in [-0.2, 0) is 17.6 Å². The minimum absolute atomic E-state index is 0.140. The maximum atomic E-state index is 12.1. The van der Waals surface area contributed by atoms with Gasteiger partial charge < -0.3 is 0 Å². The Morgan fingerprint density at radius 1 is 0.897 bits per heavy atom. The molecular formula is C24H28N4O. The van der Waals surface area contributed by atoms with E-state index in [9.17, 15) is 4.79 Å². The van der Waals surface area contributed by atoms with Gasteiger partial charge in [-0.15, -0.1) is 0 Å². The van der Waals surface area contributed by atoms with Gasteiger partial charge in [0.2, 0.25) is 5.91 Å². The number of carbonyl (C=O) groups is 1. The van der Waals surface area contributed by atoms with Crippen LogP contribution in [-0.4, -0.2) is 46.5 Å². The van der Waals surface area contributed by atoms with Crippen LogP contribution in [0.4, 0.5) is 5.82 Å². The molecule has 1 saturated heterocycles. The molecule has 2 aromatic rings. The molecule has 0 N–H and O–H groups in total. The van der Waals surface area contributed by atoms with Crippen LogP contribution in [0, 0.1) is 0 Å². The van der Waals surface area contributed by atoms with Crippen molar-refractivity contribution in [1.82, 2.24) is 14.9 Å². The summed E-state index contributed by atoms with van der Waals surface area (Å²) in [6, 6.07) is 7.64. The molecule has 0 bridgehead atoms. The highest BCUT2D eigenvalue weighted by Crippen LogP contribution is 2.28. The molecule has 5 rings (SSSR count). The lowest BCUT2D eigenvalue weighted by molar-refractivity contribution is -0.117. The fourth-order valence-corrected chi connectivity index (χ4v) is 4.70. The number of benzene rings is 1. The fourth-order valence-electron chi connectivity index (χ4n) is 4.70. The van der Waals surface area contributed by atoms with Gasteiger partial charge in [-0.25, -0.2) is 4.98 Å². The van der Waals surface area contributed by atoms with Crippen molar-refractivity contribution in [3.63, 3.8) is 0 Å². The van der Waals surface area contributed by atoms with E-state index in [1.807, 2.05) is 6.08 Å². The van der Waals surface area contributed by atoms with Crippen molar-refractivity contribution in [2.45, 2.75) is 51.0 Å². The predicted octanol–water partition coefficient (Wildman–Crippen LogP) is 3.73. The third-order valence-electron chi connectivity index (χ3n) is 6.63. The van der Waals surface area contributed by atoms with Crippen molar-refractivity contribution in [3.8, 4) is 0 Å². The van der Waals surface area contributed by atoms with E-state index in [1.54, 1.807) is 17.3 Å². The van der Waals surface area contributed by atoms with Gasteiger partial charge in [-0.3, -0.25) is 19.6 Å². The van der Waals surface area contributed by atoms with E-state index in [2.05, 4.69) is 39.1 Å². The highest BCUT2D eigenvalue weighted by molar-refractivity contribution is 5.96. The highest BCUT2D eigenvalue weighted by atomic mass is 16.2. The van der Waals surface area contributed by atoms with Gasteiger partial charge in [0.25, 0.3) is 0 Å². The maximum Gasteiger partial charge on any atom is 0.228 e. The second kappa shape index (κ2) is 8.07. The number of hydrogen-bond acceptors (Lipinski definition) is 4. The van der Waals surface area contributed by atoms with Gasteiger partial charge in [0.15, 0.2) is 5.82 Å². The summed E-state index contributed by atoms with van der Waals surface area (Å²) in [7, 11) is 0. The average molecular weight is 389 g/mol. The topological polar surface area (TPSA) is 49.3 Å². The summed E-state index contributed by atoms with van der Waals surface area (Å²) in [5.41, 5.74) is 4.91. The Kier molecular flexibility index (Phi) is 5.15. The lowest BCUT2D eigenvalue weighted by Gasteiger charge is -2.36. The Balaban J connectivity index is 1.34. The van der Waals surface area contributed by atoms with E-state index >= 15 is 0 Å². The molecule has 1 aromatic heterocycles. The van der Waals surface area contributed by atoms with Crippen molar-refractivity contribution in [2.24, 2.45) is 0 Å². The molecule has 29 heavy (non-hydrogen) atoms. The van der Waals surface area contributed by atoms with Crippen LogP contribution in [0.2, 0.25) is 0 Å². The zero-order valence-electron chi connectivity index (χ0n) is 16.9. The van der Waals surface area contributed by atoms with Gasteiger partial charge in [-0.1, -0.05) is 30.7 Å². The monoisotopic (exact) mass is 388 g/mol. The third kappa shape index (κ3) is 3.84. The number of aromatic nitrogens is 2. The number of amides is 1. The first-order valence-corrected chi connectivity index (χ1v) is 10.9. The average Bonchev–Trinajstić information content (AvgIpc) is 3.02. The number of nitrogens with zero attached hydrogens (tertiary/aromatic N) is 4. The van der Waals surface area contributed by atoms with Crippen molar-refractivity contribution in [2.75, 3.05) is 24.5 Å². The first-order chi connectivity index (χ1) is 14.3. The Bertz CT molecular complexity index is 934. The van der Waals surface area contributed by atoms with E-state index in [0.717, 1.165) is 37.5 Å². The second-order valence-electron chi connectivity index (χ2n) is 8.40. The Morgan fingerprint density at radius 3 is 2.48 bits per heavy atom. The van der Waals surface area contributed by atoms with Crippen molar-refractivity contribution >= 4 is 23.9 Å². The lowest BCUT2D eigenvalue weighted by Crippen LogP contribution is -2.41. The van der Waals surface area contributed by atoms with Crippen LogP contribution in [0.3, 0.4) is 0 Å². The summed E-state index contributed by atoms with van der Waals surface area (Å²) in [6.45, 7) is 3.10. The van der Waals surface area contributed by atoms with E-state index in [0.29, 0.717) is 12.2 Å². The molecule has 3 aliphatic rings. The molecule has 3 heterocycles. The quantitative estimate of drug-likeness (QED) is 0.801. The number of fused-ring (bicyclic) bond motifs is 1. The van der Waals surface area contributed by atoms with Crippen LogP contribution in [0.25, 0.3) is 12.2 Å². The molecule has 0 atom stereocenters. The van der Waals surface area contributed by atoms with Crippen LogP contribution < -0.4 is 4.90 Å². The van der Waals surface area contributed by atoms with Crippen molar-refractivity contribution < 1.29 is 4.79 Å². The van der Waals surface area contributed by atoms with E-state index < -0.39 is 0 Å². The lowest BCUT2D eigenvalue weighted by atomic mass is 9.91. The smallest absolute Gasteiger partial charge is 0.228 e. The number of rotatable bonds is 4. The van der Waals surface area contributed by atoms with Gasteiger partial charge in [0.1, 0.15) is 5.69 Å². The van der Waals surface area contributed by atoms with Crippen LogP contribution in [0.5, 0.6) is 0 Å². The Morgan fingerprint density at radius 2 is 1.72 bits per heavy atom. The molecule has 0 unspecified atom stereocenters. The number of carbonyl (C=O) groups excluding carboxylic acids is 1. The largest absolute Gasteiger partial charge is 0.300 e. The normalized spacial score (nSPS) is 20.7. The number of hydrogen-bond donors (Lipinski definition) is 0. The molecule has 5 nitrogen and oxygen atoms in total. The zero-order valence-corrected chi connectivity index (χ0v) is 16.9. The predicted molar refractivity (Wildman–Crippen MR) is 116 cm³/mol. The number of anilines is 1. The minimum atomic E-state index is 0.140. The first-order valence-electron chi connectivity index (χ1n) is 10.9. The molecule has 150 valence electrons. The summed E-state index contributed by atoms with van der Waals surface area (Å²) in [4.78, 5) is 25.5. The zero-order chi connectivity index (χ0) is 19.6. The van der Waals surface area contributed by atoms with Gasteiger partial charge in [-0.05, 0) is 54.9 Å². The molecular weight excluding hydrogens is 360 g/mol. The third-order valence-corrected chi connectivity index (χ3v) is 6.63. The molecule has 0 spiro atoms. The molecule has 2 fully saturated rings. The van der Waals surface area contributed by atoms with Gasteiger partial charge in [-0.2, -0.15) is 0 Å². The van der Waals surface area contributed by atoms with E-state index in [1.165, 1.54) is 49.0 Å². The summed E-state index contributed by atoms with van der Waals surface area (Å²) in [6.07, 6.45) is 15.4. The molecule has 1 amide bonds. The van der Waals surface area contributed by atoms with Crippen molar-refractivity contribution in [1.29, 1.82) is 0 Å². The molecule has 1 aromatic carbocycles. The first kappa shape index (κ1) is 18.5. The SMILES string of the molecule is O=C1CCCN1c1nccnc1/C=C\c1ccc2c(c1)CCN(C1CCC1)CC2. The van der Waals surface area contributed by atoms with E-state index in [-0.39, 0.29) is 5.91 Å². The summed E-state index contributed by atoms with van der Waals surface area (Å²) >= 11 is 0. The molecule has 1 aliphatic carbocycles. The fraction of sp³-hybridized carbons (Fsp3) is 0.458. The van der Waals surface area contributed by atoms with E-state index in [4.69, 9.17) is 0 Å². The summed E-state index contributed by atoms with van der Waals surface area (Å²) < 4.78 is 0. The molecule has 1 saturated carbocycles. The summed E-state index contributed by atoms with van der Waals surface area (Å²) in [5.74, 6) is 0.818. The minimum Gasteiger partial charge on any atom is -0.300 e. The Hall–Kier alpha value is -2.53. The standard InChI is InChI=1S/C24H28N4O/c29-23-5-2-14-28(23)24-22(25-12-13-26-24)9-7-18-6-8-19-10-15-27(21-3-1-4-21)16-11-20(19)17-18/h6-9,12-13,17,21H,1-5,10-11,14-16H2/b9-7-. The summed E-state index contributed by atoms with van der Waals surface area (Å²) in [5, 5.41) is 0.